The largest absolute Gasteiger partial charge is 0.484 e. The Morgan fingerprint density at radius 2 is 2.05 bits per heavy atom. The molecule has 10 nitrogen and oxygen atoms in total. The third kappa shape index (κ3) is 8.62. The van der Waals surface area contributed by atoms with Gasteiger partial charge in [0, 0.05) is 36.8 Å². The fraction of sp³-hybridized carbons (Fsp3) is 0.385. The number of oxazole rings is 1. The Bertz CT molecular complexity index is 1240. The predicted molar refractivity (Wildman–Crippen MR) is 138 cm³/mol. The summed E-state index contributed by atoms with van der Waals surface area (Å²) >= 11 is 5.61. The van der Waals surface area contributed by atoms with Gasteiger partial charge in [-0.25, -0.2) is 14.2 Å². The molecule has 0 saturated carbocycles. The molecule has 3 rings (SSSR count). The van der Waals surface area contributed by atoms with Crippen LogP contribution in [0.1, 0.15) is 50.1 Å². The molecule has 0 saturated heterocycles. The summed E-state index contributed by atoms with van der Waals surface area (Å²) in [5.41, 5.74) is 0.414. The molecule has 2 heterocycles. The van der Waals surface area contributed by atoms with Gasteiger partial charge in [0.05, 0.1) is 17.8 Å². The van der Waals surface area contributed by atoms with Gasteiger partial charge in [-0.15, -0.1) is 0 Å². The maximum Gasteiger partial charge on any atom is 0.410 e. The molecule has 0 radical (unpaired) electrons. The minimum atomic E-state index is -0.645. The molecule has 0 unspecified atom stereocenters. The third-order valence-electron chi connectivity index (χ3n) is 5.11. The van der Waals surface area contributed by atoms with Gasteiger partial charge in [0.1, 0.15) is 17.2 Å². The van der Waals surface area contributed by atoms with Crippen LogP contribution in [0.15, 0.2) is 47.2 Å². The lowest BCUT2D eigenvalue weighted by Gasteiger charge is -2.29. The molecule has 2 aromatic rings. The summed E-state index contributed by atoms with van der Waals surface area (Å²) in [4.78, 5) is 42.6. The molecule has 1 aliphatic rings. The Morgan fingerprint density at radius 1 is 1.29 bits per heavy atom. The number of carbonyl (C=O) groups is 3. The summed E-state index contributed by atoms with van der Waals surface area (Å²) in [5, 5.41) is 5.17. The van der Waals surface area contributed by atoms with Gasteiger partial charge < -0.3 is 29.4 Å². The Labute approximate surface area is 224 Å². The van der Waals surface area contributed by atoms with Crippen LogP contribution in [0.5, 0.6) is 5.75 Å². The molecule has 12 heteroatoms. The second-order valence-electron chi connectivity index (χ2n) is 9.47. The van der Waals surface area contributed by atoms with Crippen LogP contribution >= 0.6 is 11.6 Å². The van der Waals surface area contributed by atoms with Crippen LogP contribution in [0.4, 0.5) is 9.18 Å². The highest BCUT2D eigenvalue weighted by Gasteiger charge is 2.26. The van der Waals surface area contributed by atoms with Gasteiger partial charge in [-0.2, -0.15) is 0 Å². The molecule has 2 N–H and O–H groups in total. The SMILES string of the molecule is C=C(CCNC(=O)COc1ccc(Cl)c(F)c1)NC(=O)c1cnc(C2=CCCN(C(=O)OC(C)(C)C)C2)o1. The van der Waals surface area contributed by atoms with E-state index in [0.717, 1.165) is 6.07 Å². The fourth-order valence-corrected chi connectivity index (χ4v) is 3.43. The normalized spacial score (nSPS) is 13.4. The Hall–Kier alpha value is -3.86. The minimum absolute atomic E-state index is 0.0240. The van der Waals surface area contributed by atoms with Crippen LogP contribution in [0.2, 0.25) is 5.02 Å². The van der Waals surface area contributed by atoms with Crippen molar-refractivity contribution in [3.63, 3.8) is 0 Å². The maximum absolute atomic E-state index is 13.4. The molecule has 0 atom stereocenters. The zero-order valence-electron chi connectivity index (χ0n) is 21.4. The van der Waals surface area contributed by atoms with Crippen molar-refractivity contribution in [3.05, 3.63) is 65.2 Å². The summed E-state index contributed by atoms with van der Waals surface area (Å²) in [6.07, 6.45) is 3.63. The molecule has 1 aromatic heterocycles. The summed E-state index contributed by atoms with van der Waals surface area (Å²) in [6.45, 7) is 9.81. The van der Waals surface area contributed by atoms with Gasteiger partial charge in [-0.3, -0.25) is 9.59 Å². The number of aromatic nitrogens is 1. The monoisotopic (exact) mass is 548 g/mol. The highest BCUT2D eigenvalue weighted by molar-refractivity contribution is 6.30. The van der Waals surface area contributed by atoms with E-state index in [4.69, 9.17) is 25.5 Å². The van der Waals surface area contributed by atoms with E-state index in [1.54, 1.807) is 25.7 Å². The summed E-state index contributed by atoms with van der Waals surface area (Å²) in [7, 11) is 0. The molecule has 0 spiro atoms. The first-order chi connectivity index (χ1) is 17.9. The number of ether oxygens (including phenoxy) is 2. The zero-order chi connectivity index (χ0) is 27.9. The van der Waals surface area contributed by atoms with E-state index in [9.17, 15) is 18.8 Å². The summed E-state index contributed by atoms with van der Waals surface area (Å²) in [5.74, 6) is -1.24. The molecular formula is C26H30ClFN4O6. The van der Waals surface area contributed by atoms with Crippen LogP contribution in [0.25, 0.3) is 5.57 Å². The van der Waals surface area contributed by atoms with E-state index >= 15 is 0 Å². The molecule has 3 amide bonds. The van der Waals surface area contributed by atoms with Gasteiger partial charge in [0.15, 0.2) is 6.61 Å². The first-order valence-electron chi connectivity index (χ1n) is 11.9. The van der Waals surface area contributed by atoms with Crippen LogP contribution in [-0.4, -0.2) is 59.6 Å². The van der Waals surface area contributed by atoms with Crippen molar-refractivity contribution in [2.24, 2.45) is 0 Å². The Kier molecular flexibility index (Phi) is 9.51. The maximum atomic E-state index is 13.4. The molecule has 1 aromatic carbocycles. The highest BCUT2D eigenvalue weighted by Crippen LogP contribution is 2.23. The van der Waals surface area contributed by atoms with E-state index in [1.807, 2.05) is 6.08 Å². The van der Waals surface area contributed by atoms with Crippen molar-refractivity contribution in [3.8, 4) is 5.75 Å². The average molecular weight is 549 g/mol. The van der Waals surface area contributed by atoms with Crippen LogP contribution in [-0.2, 0) is 9.53 Å². The predicted octanol–water partition coefficient (Wildman–Crippen LogP) is 4.32. The van der Waals surface area contributed by atoms with Gasteiger partial charge >= 0.3 is 6.09 Å². The lowest BCUT2D eigenvalue weighted by Crippen LogP contribution is -2.39. The molecular weight excluding hydrogens is 519 g/mol. The Morgan fingerprint density at radius 3 is 2.76 bits per heavy atom. The first kappa shape index (κ1) is 28.7. The standard InChI is InChI=1S/C26H30ClFN4O6/c1-16(9-10-29-22(33)15-36-18-7-8-19(27)20(28)12-18)31-23(34)21-13-30-24(37-21)17-6-5-11-32(14-17)25(35)38-26(2,3)4/h6-8,12-13H,1,5,9-11,14-15H2,2-4H3,(H,29,33)(H,31,34). The van der Waals surface area contributed by atoms with Crippen LogP contribution in [0, 0.1) is 5.82 Å². The molecule has 204 valence electrons. The lowest BCUT2D eigenvalue weighted by atomic mass is 10.1. The topological polar surface area (TPSA) is 123 Å². The van der Waals surface area contributed by atoms with Gasteiger partial charge in [-0.1, -0.05) is 24.3 Å². The molecule has 1 aliphatic heterocycles. The first-order valence-corrected chi connectivity index (χ1v) is 12.3. The van der Waals surface area contributed by atoms with Crippen LogP contribution in [0.3, 0.4) is 0 Å². The summed E-state index contributed by atoms with van der Waals surface area (Å²) in [6, 6.07) is 3.87. The van der Waals surface area contributed by atoms with Crippen molar-refractivity contribution in [2.75, 3.05) is 26.2 Å². The van der Waals surface area contributed by atoms with Crippen molar-refractivity contribution in [1.29, 1.82) is 0 Å². The lowest BCUT2D eigenvalue weighted by molar-refractivity contribution is -0.123. The smallest absolute Gasteiger partial charge is 0.410 e. The number of rotatable bonds is 9. The van der Waals surface area contributed by atoms with Crippen molar-refractivity contribution >= 4 is 35.1 Å². The number of nitrogens with one attached hydrogen (secondary N) is 2. The number of amides is 3. The summed E-state index contributed by atoms with van der Waals surface area (Å²) < 4.78 is 29.7. The number of hydrogen-bond acceptors (Lipinski definition) is 7. The molecule has 0 aliphatic carbocycles. The average Bonchev–Trinajstić information content (AvgIpc) is 3.34. The molecule has 38 heavy (non-hydrogen) atoms. The van der Waals surface area contributed by atoms with E-state index in [-0.39, 0.29) is 48.5 Å². The Balaban J connectivity index is 1.41. The van der Waals surface area contributed by atoms with Gasteiger partial charge in [0.2, 0.25) is 11.7 Å². The number of benzene rings is 1. The van der Waals surface area contributed by atoms with Crippen molar-refractivity contribution in [1.82, 2.24) is 20.5 Å². The molecule has 0 bridgehead atoms. The molecule has 0 fully saturated rings. The number of halogens is 2. The van der Waals surface area contributed by atoms with E-state index < -0.39 is 29.3 Å². The quantitative estimate of drug-likeness (QED) is 0.478. The fourth-order valence-electron chi connectivity index (χ4n) is 3.31. The zero-order valence-corrected chi connectivity index (χ0v) is 22.2. The number of hydrogen-bond donors (Lipinski definition) is 2. The number of carbonyl (C=O) groups excluding carboxylic acids is 3. The highest BCUT2D eigenvalue weighted by atomic mass is 35.5. The van der Waals surface area contributed by atoms with Gasteiger partial charge in [0.25, 0.3) is 11.8 Å². The van der Waals surface area contributed by atoms with Crippen molar-refractivity contribution in [2.45, 2.75) is 39.2 Å². The minimum Gasteiger partial charge on any atom is -0.484 e. The van der Waals surface area contributed by atoms with E-state index in [0.29, 0.717) is 24.2 Å². The second-order valence-corrected chi connectivity index (χ2v) is 9.88. The van der Waals surface area contributed by atoms with Crippen molar-refractivity contribution < 1.29 is 32.7 Å². The second kappa shape index (κ2) is 12.6. The van der Waals surface area contributed by atoms with Gasteiger partial charge in [-0.05, 0) is 39.3 Å². The third-order valence-corrected chi connectivity index (χ3v) is 5.41. The van der Waals surface area contributed by atoms with E-state index in [1.165, 1.54) is 18.3 Å². The number of nitrogens with zero attached hydrogens (tertiary/aromatic N) is 2. The van der Waals surface area contributed by atoms with Crippen LogP contribution < -0.4 is 15.4 Å². The van der Waals surface area contributed by atoms with E-state index in [2.05, 4.69) is 22.2 Å².